The van der Waals surface area contributed by atoms with Crippen LogP contribution >= 0.6 is 23.2 Å². The summed E-state index contributed by atoms with van der Waals surface area (Å²) in [7, 11) is -2.84. The molecule has 0 unspecified atom stereocenters. The van der Waals surface area contributed by atoms with Crippen LogP contribution in [0.3, 0.4) is 0 Å². The van der Waals surface area contributed by atoms with Crippen LogP contribution in [0.1, 0.15) is 134 Å². The van der Waals surface area contributed by atoms with Crippen LogP contribution in [0, 0.1) is 23.7 Å². The van der Waals surface area contributed by atoms with Gasteiger partial charge in [-0.2, -0.15) is 8.73 Å². The SMILES string of the molecule is CCOC(=O)C[S@@]1(=O)=NC(=O)c2ccc3c(c2)N(C[C@@H]2CC[C@H]2[C@@H](OC)/C=C/CCC1)C[C@@]1(CCCc2cc(Cl)ccc21)CO3.CCOC(=O)C[S@]1(=O)=NC(=O)c2ccc3c(c2)N(C[C@@H]2CC[C@H]2[C@@H](OC)/C=C/CCC1)C[C@@]1(CCCc2cc(Cl)ccc21)CO3. The smallest absolute Gasteiger partial charge is 0.319 e. The third-order valence-corrected chi connectivity index (χ3v) is 24.6. The number of anilines is 2. The Bertz CT molecular complexity index is 3440. The van der Waals surface area contributed by atoms with Crippen molar-refractivity contribution in [1.82, 2.24) is 0 Å². The van der Waals surface area contributed by atoms with E-state index >= 15 is 0 Å². The molecule has 4 heterocycles. The number of aryl methyl sites for hydroxylation is 2. The number of methoxy groups -OCH3 is 2. The van der Waals surface area contributed by atoms with Crippen LogP contribution in [0.15, 0.2) is 106 Å². The van der Waals surface area contributed by atoms with E-state index in [1.807, 2.05) is 36.4 Å². The van der Waals surface area contributed by atoms with Crippen LogP contribution in [0.25, 0.3) is 0 Å². The van der Waals surface area contributed by atoms with E-state index < -0.39 is 54.7 Å². The number of carbonyl (C=O) groups excluding carboxylic acids is 4. The Morgan fingerprint density at radius 3 is 1.42 bits per heavy atom. The quantitative estimate of drug-likeness (QED) is 0.120. The number of carbonyl (C=O) groups is 4. The van der Waals surface area contributed by atoms with E-state index in [-0.39, 0.29) is 47.8 Å². The van der Waals surface area contributed by atoms with Gasteiger partial charge in [0.2, 0.25) is 0 Å². The fourth-order valence-corrected chi connectivity index (χ4v) is 19.1. The van der Waals surface area contributed by atoms with E-state index in [0.29, 0.717) is 73.7 Å². The Morgan fingerprint density at radius 2 is 1.03 bits per heavy atom. The maximum absolute atomic E-state index is 13.9. The van der Waals surface area contributed by atoms with Crippen molar-refractivity contribution < 1.29 is 56.0 Å². The molecule has 10 atom stereocenters. The summed E-state index contributed by atoms with van der Waals surface area (Å²) in [4.78, 5) is 56.9. The molecule has 2 fully saturated rings. The second-order valence-electron chi connectivity index (χ2n) is 25.8. The fourth-order valence-electron chi connectivity index (χ4n) is 15.2. The first-order valence-electron chi connectivity index (χ1n) is 32.3. The summed E-state index contributed by atoms with van der Waals surface area (Å²) in [6.45, 7) is 7.85. The van der Waals surface area contributed by atoms with Crippen molar-refractivity contribution in [1.29, 1.82) is 0 Å². The first kappa shape index (κ1) is 65.7. The van der Waals surface area contributed by atoms with Crippen molar-refractivity contribution in [2.45, 2.75) is 127 Å². The van der Waals surface area contributed by atoms with Crippen LogP contribution in [-0.2, 0) is 71.7 Å². The van der Waals surface area contributed by atoms with Crippen molar-refractivity contribution in [2.24, 2.45) is 32.4 Å². The van der Waals surface area contributed by atoms with Crippen molar-refractivity contribution in [3.63, 3.8) is 0 Å². The number of fused-ring (bicyclic) bond motifs is 8. The van der Waals surface area contributed by atoms with Gasteiger partial charge < -0.3 is 38.2 Å². The van der Waals surface area contributed by atoms with Gasteiger partial charge in [-0.05, 0) is 210 Å². The minimum absolute atomic E-state index is 0.0210. The summed E-state index contributed by atoms with van der Waals surface area (Å²) in [5, 5.41) is 1.49. The highest BCUT2D eigenvalue weighted by molar-refractivity contribution is 7.94. The lowest BCUT2D eigenvalue weighted by molar-refractivity contribution is -0.140. The summed E-state index contributed by atoms with van der Waals surface area (Å²) < 4.78 is 71.7. The van der Waals surface area contributed by atoms with Gasteiger partial charge in [-0.25, -0.2) is 8.42 Å². The lowest BCUT2D eigenvalue weighted by atomic mass is 9.68. The lowest BCUT2D eigenvalue weighted by Gasteiger charge is -2.46. The van der Waals surface area contributed by atoms with E-state index in [9.17, 15) is 27.6 Å². The largest absolute Gasteiger partial charge is 0.490 e. The Kier molecular flexibility index (Phi) is 20.9. The van der Waals surface area contributed by atoms with Gasteiger partial charge in [-0.15, -0.1) is 0 Å². The van der Waals surface area contributed by atoms with Gasteiger partial charge in [0, 0.05) is 83.9 Å². The Balaban J connectivity index is 0.000000185. The third kappa shape index (κ3) is 14.7. The van der Waals surface area contributed by atoms with Crippen molar-refractivity contribution >= 4 is 77.8 Å². The molecule has 4 bridgehead atoms. The molecule has 16 nitrogen and oxygen atoms in total. The zero-order valence-corrected chi connectivity index (χ0v) is 55.5. The molecule has 4 aliphatic heterocycles. The molecule has 4 aromatic carbocycles. The third-order valence-electron chi connectivity index (χ3n) is 19.9. The van der Waals surface area contributed by atoms with E-state index in [2.05, 4.69) is 67.1 Å². The molecule has 2 saturated carbocycles. The second-order valence-corrected chi connectivity index (χ2v) is 31.5. The molecule has 90 heavy (non-hydrogen) atoms. The molecule has 4 aliphatic carbocycles. The minimum atomic E-state index is -3.19. The van der Waals surface area contributed by atoms with E-state index in [4.69, 9.17) is 51.6 Å². The monoisotopic (exact) mass is 1310 g/mol. The zero-order valence-electron chi connectivity index (χ0n) is 52.3. The van der Waals surface area contributed by atoms with E-state index in [0.717, 1.165) is 123 Å². The topological polar surface area (TPSA) is 189 Å². The predicted molar refractivity (Wildman–Crippen MR) is 354 cm³/mol. The number of allylic oxidation sites excluding steroid dienone is 2. The standard InChI is InChI=1S/2C35H43ClN2O6S/c2*1-3-43-33(39)21-45(41)17-6-4-5-9-31(42-2)28-13-10-26(28)20-38-22-35(16-7-8-24-18-27(36)12-14-29(24)35)23-44-32-15-11-25(19-30(32)38)34(40)37-45/h2*5,9,11-12,14-15,18-19,26,28,31H,3-4,6-8,10,13,16-17,20-23H2,1-2H3/b2*9-5+/t26-,28+,31-,35-,45+;26-,28+,31-,35-,45-/m00/s1. The molecular weight excluding hydrogens is 1220 g/mol. The Morgan fingerprint density at radius 1 is 0.600 bits per heavy atom. The highest BCUT2D eigenvalue weighted by Gasteiger charge is 2.47. The molecule has 4 aromatic rings. The van der Waals surface area contributed by atoms with Gasteiger partial charge in [0.1, 0.15) is 23.0 Å². The molecule has 0 saturated heterocycles. The minimum Gasteiger partial charge on any atom is -0.490 e. The number of nitrogens with zero attached hydrogens (tertiary/aromatic N) is 4. The average molecular weight is 1310 g/mol. The van der Waals surface area contributed by atoms with Gasteiger partial charge in [0.25, 0.3) is 11.8 Å². The van der Waals surface area contributed by atoms with Crippen LogP contribution in [-0.4, -0.2) is 134 Å². The van der Waals surface area contributed by atoms with Crippen LogP contribution in [0.5, 0.6) is 11.5 Å². The number of amides is 2. The number of benzene rings is 4. The highest BCUT2D eigenvalue weighted by Crippen LogP contribution is 2.50. The Hall–Kier alpha value is -5.76. The molecular formula is C70H86Cl2N4O12S2. The molecule has 20 heteroatoms. The fraction of sp³-hybridized carbons (Fsp3) is 0.543. The van der Waals surface area contributed by atoms with Gasteiger partial charge in [0.05, 0.1) is 69.5 Å². The van der Waals surface area contributed by atoms with Crippen molar-refractivity contribution in [3.05, 3.63) is 141 Å². The summed E-state index contributed by atoms with van der Waals surface area (Å²) in [5.74, 6) is 0.0252. The molecule has 8 aliphatic rings. The molecule has 484 valence electrons. The lowest BCUT2D eigenvalue weighted by Crippen LogP contribution is -2.49. The van der Waals surface area contributed by atoms with Crippen molar-refractivity contribution in [2.75, 3.05) is 99.6 Å². The van der Waals surface area contributed by atoms with Crippen LogP contribution < -0.4 is 19.3 Å². The molecule has 0 N–H and O–H groups in total. The normalized spacial score (nSPS) is 30.5. The number of hydrogen-bond acceptors (Lipinski definition) is 14. The predicted octanol–water partition coefficient (Wildman–Crippen LogP) is 12.8. The van der Waals surface area contributed by atoms with Crippen LogP contribution in [0.2, 0.25) is 10.0 Å². The second kappa shape index (κ2) is 28.6. The van der Waals surface area contributed by atoms with Crippen molar-refractivity contribution in [3.8, 4) is 11.5 Å². The maximum Gasteiger partial charge on any atom is 0.319 e. The van der Waals surface area contributed by atoms with Gasteiger partial charge in [-0.3, -0.25) is 19.2 Å². The van der Waals surface area contributed by atoms with Gasteiger partial charge >= 0.3 is 11.9 Å². The highest BCUT2D eigenvalue weighted by atomic mass is 35.5. The van der Waals surface area contributed by atoms with Gasteiger partial charge in [0.15, 0.2) is 0 Å². The number of halogens is 2. The molecule has 0 aromatic heterocycles. The summed E-state index contributed by atoms with van der Waals surface area (Å²) in [6.07, 6.45) is 21.1. The number of esters is 2. The number of rotatable bonds is 8. The first-order chi connectivity index (χ1) is 43.4. The summed E-state index contributed by atoms with van der Waals surface area (Å²) >= 11 is 12.8. The molecule has 2 spiro atoms. The maximum atomic E-state index is 13.9. The number of ether oxygens (including phenoxy) is 6. The average Bonchev–Trinajstić information content (AvgIpc) is 1.45. The molecule has 12 rings (SSSR count). The molecule has 2 amide bonds. The number of hydrogen-bond donors (Lipinski definition) is 0. The Labute approximate surface area is 541 Å². The van der Waals surface area contributed by atoms with E-state index in [1.165, 1.54) is 22.3 Å². The van der Waals surface area contributed by atoms with E-state index in [1.54, 1.807) is 40.2 Å². The summed E-state index contributed by atoms with van der Waals surface area (Å²) in [6, 6.07) is 23.2. The van der Waals surface area contributed by atoms with Crippen LogP contribution in [0.4, 0.5) is 11.4 Å². The first-order valence-corrected chi connectivity index (χ1v) is 36.8. The van der Waals surface area contributed by atoms with Gasteiger partial charge in [-0.1, -0.05) is 59.6 Å². The summed E-state index contributed by atoms with van der Waals surface area (Å²) in [5.41, 5.74) is 6.99. The zero-order chi connectivity index (χ0) is 63.2. The molecule has 0 radical (unpaired) electrons.